The van der Waals surface area contributed by atoms with E-state index in [0.29, 0.717) is 17.4 Å². The van der Waals surface area contributed by atoms with Crippen LogP contribution in [0.25, 0.3) is 0 Å². The maximum atomic E-state index is 12.0. The number of nitrogens with one attached hydrogen (secondary N) is 1. The van der Waals surface area contributed by atoms with Gasteiger partial charge in [0, 0.05) is 22.4 Å². The molecule has 0 amide bonds. The van der Waals surface area contributed by atoms with Gasteiger partial charge in [-0.3, -0.25) is 0 Å². The van der Waals surface area contributed by atoms with Gasteiger partial charge in [-0.1, -0.05) is 13.0 Å². The Labute approximate surface area is 125 Å². The fourth-order valence-corrected chi connectivity index (χ4v) is 5.18. The van der Waals surface area contributed by atoms with E-state index in [-0.39, 0.29) is 11.8 Å². The van der Waals surface area contributed by atoms with Crippen molar-refractivity contribution in [2.45, 2.75) is 37.1 Å². The Hall–Kier alpha value is -0.720. The van der Waals surface area contributed by atoms with Gasteiger partial charge in [-0.15, -0.1) is 11.8 Å². The Morgan fingerprint density at radius 3 is 2.85 bits per heavy atom. The van der Waals surface area contributed by atoms with Gasteiger partial charge in [0.25, 0.3) is 0 Å². The number of sulfonamides is 1. The van der Waals surface area contributed by atoms with Gasteiger partial charge in [0.2, 0.25) is 10.0 Å². The number of hydrogen-bond acceptors (Lipinski definition) is 4. The molecule has 0 radical (unpaired) electrons. The van der Waals surface area contributed by atoms with E-state index in [9.17, 15) is 8.42 Å². The standard InChI is InChI=1S/C14H22N2O2S2/c1-11-5-6-13(9-11)16-20(17,18)8-7-19-14-4-2-3-12(15)10-14/h2-4,10-11,13,16H,5-9,15H2,1H3. The third-order valence-corrected chi connectivity index (χ3v) is 6.21. The Morgan fingerprint density at radius 2 is 2.20 bits per heavy atom. The highest BCUT2D eigenvalue weighted by Gasteiger charge is 2.25. The lowest BCUT2D eigenvalue weighted by molar-refractivity contribution is 0.539. The minimum Gasteiger partial charge on any atom is -0.399 e. The molecule has 1 saturated carbocycles. The zero-order valence-corrected chi connectivity index (χ0v) is 13.3. The molecule has 0 spiro atoms. The van der Waals surface area contributed by atoms with Gasteiger partial charge < -0.3 is 5.73 Å². The van der Waals surface area contributed by atoms with E-state index >= 15 is 0 Å². The number of anilines is 1. The molecule has 1 aromatic rings. The van der Waals surface area contributed by atoms with Gasteiger partial charge >= 0.3 is 0 Å². The fraction of sp³-hybridized carbons (Fsp3) is 0.571. The largest absolute Gasteiger partial charge is 0.399 e. The van der Waals surface area contributed by atoms with Gasteiger partial charge in [-0.05, 0) is 43.4 Å². The van der Waals surface area contributed by atoms with Crippen LogP contribution in [0.1, 0.15) is 26.2 Å². The van der Waals surface area contributed by atoms with Gasteiger partial charge in [-0.2, -0.15) is 0 Å². The average molecular weight is 314 g/mol. The zero-order valence-electron chi connectivity index (χ0n) is 11.7. The lowest BCUT2D eigenvalue weighted by atomic mass is 10.1. The molecule has 3 N–H and O–H groups in total. The summed E-state index contributed by atoms with van der Waals surface area (Å²) in [6.45, 7) is 2.17. The van der Waals surface area contributed by atoms with Crippen molar-refractivity contribution in [2.75, 3.05) is 17.2 Å². The SMILES string of the molecule is CC1CCC(NS(=O)(=O)CCSc2cccc(N)c2)C1. The summed E-state index contributed by atoms with van der Waals surface area (Å²) in [5, 5.41) is 0. The molecule has 0 saturated heterocycles. The Balaban J connectivity index is 1.77. The third kappa shape index (κ3) is 5.00. The van der Waals surface area contributed by atoms with E-state index in [1.807, 2.05) is 24.3 Å². The Kier molecular flexibility index (Phi) is 5.35. The minimum atomic E-state index is -3.17. The molecule has 1 aliphatic rings. The highest BCUT2D eigenvalue weighted by Crippen LogP contribution is 2.25. The zero-order chi connectivity index (χ0) is 14.6. The Morgan fingerprint density at radius 1 is 1.40 bits per heavy atom. The molecule has 2 atom stereocenters. The summed E-state index contributed by atoms with van der Waals surface area (Å²) in [7, 11) is -3.17. The summed E-state index contributed by atoms with van der Waals surface area (Å²) in [5.41, 5.74) is 6.40. The molecule has 0 bridgehead atoms. The van der Waals surface area contributed by atoms with Crippen LogP contribution in [-0.2, 0) is 10.0 Å². The Bertz CT molecular complexity index is 546. The molecule has 2 rings (SSSR count). The van der Waals surface area contributed by atoms with Crippen LogP contribution in [0.15, 0.2) is 29.2 Å². The normalized spacial score (nSPS) is 23.1. The molecule has 112 valence electrons. The first kappa shape index (κ1) is 15.7. The van der Waals surface area contributed by atoms with Crippen molar-refractivity contribution < 1.29 is 8.42 Å². The quantitative estimate of drug-likeness (QED) is 0.625. The van der Waals surface area contributed by atoms with Crippen molar-refractivity contribution in [3.8, 4) is 0 Å². The number of thioether (sulfide) groups is 1. The van der Waals surface area contributed by atoms with Crippen LogP contribution in [-0.4, -0.2) is 26.0 Å². The smallest absolute Gasteiger partial charge is 0.212 e. The molecule has 4 nitrogen and oxygen atoms in total. The van der Waals surface area contributed by atoms with Crippen LogP contribution in [0.4, 0.5) is 5.69 Å². The second-order valence-electron chi connectivity index (χ2n) is 5.47. The van der Waals surface area contributed by atoms with Gasteiger partial charge in [-0.25, -0.2) is 13.1 Å². The summed E-state index contributed by atoms with van der Waals surface area (Å²) in [4.78, 5) is 1.01. The second-order valence-corrected chi connectivity index (χ2v) is 8.51. The topological polar surface area (TPSA) is 72.2 Å². The number of nitrogen functional groups attached to an aromatic ring is 1. The first-order valence-corrected chi connectivity index (χ1v) is 9.57. The molecule has 0 heterocycles. The molecule has 2 unspecified atom stereocenters. The maximum absolute atomic E-state index is 12.0. The van der Waals surface area contributed by atoms with E-state index in [4.69, 9.17) is 5.73 Å². The van der Waals surface area contributed by atoms with Crippen molar-refractivity contribution in [1.82, 2.24) is 4.72 Å². The van der Waals surface area contributed by atoms with Crippen molar-refractivity contribution in [1.29, 1.82) is 0 Å². The summed E-state index contributed by atoms with van der Waals surface area (Å²) in [6.07, 6.45) is 3.04. The first-order valence-electron chi connectivity index (χ1n) is 6.93. The predicted octanol–water partition coefficient (Wildman–Crippen LogP) is 2.47. The van der Waals surface area contributed by atoms with Crippen LogP contribution in [0.3, 0.4) is 0 Å². The summed E-state index contributed by atoms with van der Waals surface area (Å²) < 4.78 is 26.8. The molecular weight excluding hydrogens is 292 g/mol. The van der Waals surface area contributed by atoms with Crippen LogP contribution in [0, 0.1) is 5.92 Å². The number of hydrogen-bond donors (Lipinski definition) is 2. The van der Waals surface area contributed by atoms with Gasteiger partial charge in [0.05, 0.1) is 5.75 Å². The predicted molar refractivity (Wildman–Crippen MR) is 85.3 cm³/mol. The molecule has 0 aromatic heterocycles. The third-order valence-electron chi connectivity index (χ3n) is 3.52. The van der Waals surface area contributed by atoms with Crippen LogP contribution in [0.2, 0.25) is 0 Å². The van der Waals surface area contributed by atoms with E-state index in [0.717, 1.165) is 24.2 Å². The van der Waals surface area contributed by atoms with Crippen LogP contribution in [0.5, 0.6) is 0 Å². The van der Waals surface area contributed by atoms with Crippen LogP contribution < -0.4 is 10.5 Å². The van der Waals surface area contributed by atoms with Crippen LogP contribution >= 0.6 is 11.8 Å². The maximum Gasteiger partial charge on any atom is 0.212 e. The average Bonchev–Trinajstić information content (AvgIpc) is 2.73. The molecule has 20 heavy (non-hydrogen) atoms. The van der Waals surface area contributed by atoms with E-state index in [2.05, 4.69) is 11.6 Å². The molecule has 1 fully saturated rings. The first-order chi connectivity index (χ1) is 9.44. The monoisotopic (exact) mass is 314 g/mol. The summed E-state index contributed by atoms with van der Waals surface area (Å²) in [6, 6.07) is 7.64. The molecule has 1 aromatic carbocycles. The van der Waals surface area contributed by atoms with E-state index < -0.39 is 10.0 Å². The fourth-order valence-electron chi connectivity index (χ4n) is 2.50. The van der Waals surface area contributed by atoms with Crippen molar-refractivity contribution in [3.63, 3.8) is 0 Å². The van der Waals surface area contributed by atoms with E-state index in [1.54, 1.807) is 0 Å². The summed E-state index contributed by atoms with van der Waals surface area (Å²) >= 11 is 1.52. The number of nitrogens with two attached hydrogens (primary N) is 1. The van der Waals surface area contributed by atoms with Gasteiger partial charge in [0.15, 0.2) is 0 Å². The van der Waals surface area contributed by atoms with Crippen molar-refractivity contribution in [2.24, 2.45) is 5.92 Å². The molecule has 6 heteroatoms. The van der Waals surface area contributed by atoms with Gasteiger partial charge in [0.1, 0.15) is 0 Å². The van der Waals surface area contributed by atoms with E-state index in [1.165, 1.54) is 11.8 Å². The minimum absolute atomic E-state index is 0.132. The second kappa shape index (κ2) is 6.83. The lowest BCUT2D eigenvalue weighted by Gasteiger charge is -2.12. The summed E-state index contributed by atoms with van der Waals surface area (Å²) in [5.74, 6) is 1.32. The number of benzene rings is 1. The molecule has 1 aliphatic carbocycles. The lowest BCUT2D eigenvalue weighted by Crippen LogP contribution is -2.35. The van der Waals surface area contributed by atoms with Crippen molar-refractivity contribution >= 4 is 27.5 Å². The highest BCUT2D eigenvalue weighted by molar-refractivity contribution is 8.00. The molecular formula is C14H22N2O2S2. The highest BCUT2D eigenvalue weighted by atomic mass is 32.2. The molecule has 0 aliphatic heterocycles. The van der Waals surface area contributed by atoms with Crippen molar-refractivity contribution in [3.05, 3.63) is 24.3 Å². The number of rotatable bonds is 6.